The third kappa shape index (κ3) is 13.6. The van der Waals surface area contributed by atoms with Gasteiger partial charge in [-0.05, 0) is 19.1 Å². The standard InChI is InChI=1S/C14H29NO/c1-2-3-4-5-6-7-8-9-10-11-12-15-13-14-16/h12,16H,2-11,13-14H2,1H3. The van der Waals surface area contributed by atoms with E-state index in [0.29, 0.717) is 6.54 Å². The van der Waals surface area contributed by atoms with Crippen molar-refractivity contribution in [1.82, 2.24) is 0 Å². The number of hydrogen-bond acceptors (Lipinski definition) is 2. The number of rotatable bonds is 12. The van der Waals surface area contributed by atoms with E-state index in [-0.39, 0.29) is 6.61 Å². The Kier molecular flexibility index (Phi) is 14.3. The summed E-state index contributed by atoms with van der Waals surface area (Å²) in [5, 5.41) is 8.51. The van der Waals surface area contributed by atoms with Gasteiger partial charge in [-0.25, -0.2) is 0 Å². The van der Waals surface area contributed by atoms with Gasteiger partial charge in [0.05, 0.1) is 13.2 Å². The minimum atomic E-state index is 0.175. The first-order valence-corrected chi connectivity index (χ1v) is 7.01. The van der Waals surface area contributed by atoms with Crippen molar-refractivity contribution in [3.05, 3.63) is 0 Å². The maximum absolute atomic E-state index is 8.51. The van der Waals surface area contributed by atoms with Crippen molar-refractivity contribution in [2.24, 2.45) is 4.99 Å². The maximum atomic E-state index is 8.51. The molecule has 16 heavy (non-hydrogen) atoms. The van der Waals surface area contributed by atoms with Crippen LogP contribution in [-0.4, -0.2) is 24.5 Å². The summed E-state index contributed by atoms with van der Waals surface area (Å²) < 4.78 is 0. The molecule has 2 nitrogen and oxygen atoms in total. The zero-order valence-electron chi connectivity index (χ0n) is 11.0. The largest absolute Gasteiger partial charge is 0.394 e. The summed E-state index contributed by atoms with van der Waals surface area (Å²) in [7, 11) is 0. The SMILES string of the molecule is CCCCCCCCCCCC=NCCO. The van der Waals surface area contributed by atoms with Gasteiger partial charge in [0.15, 0.2) is 0 Å². The van der Waals surface area contributed by atoms with E-state index in [0.717, 1.165) is 6.42 Å². The van der Waals surface area contributed by atoms with Gasteiger partial charge < -0.3 is 5.11 Å². The van der Waals surface area contributed by atoms with Crippen LogP contribution in [-0.2, 0) is 0 Å². The molecule has 0 bridgehead atoms. The lowest BCUT2D eigenvalue weighted by Crippen LogP contribution is -1.88. The van der Waals surface area contributed by atoms with E-state index in [2.05, 4.69) is 11.9 Å². The van der Waals surface area contributed by atoms with Crippen molar-refractivity contribution in [3.63, 3.8) is 0 Å². The van der Waals surface area contributed by atoms with E-state index in [1.807, 2.05) is 6.21 Å². The minimum absolute atomic E-state index is 0.175. The summed E-state index contributed by atoms with van der Waals surface area (Å²) in [6.45, 7) is 3.00. The zero-order chi connectivity index (χ0) is 11.9. The molecule has 0 heterocycles. The predicted molar refractivity (Wildman–Crippen MR) is 72.3 cm³/mol. The van der Waals surface area contributed by atoms with E-state index >= 15 is 0 Å². The molecule has 0 saturated carbocycles. The summed E-state index contributed by atoms with van der Waals surface area (Å²) in [6, 6.07) is 0. The van der Waals surface area contributed by atoms with E-state index in [9.17, 15) is 0 Å². The lowest BCUT2D eigenvalue weighted by Gasteiger charge is -2.00. The summed E-state index contributed by atoms with van der Waals surface area (Å²) >= 11 is 0. The third-order valence-electron chi connectivity index (χ3n) is 2.79. The Hall–Kier alpha value is -0.370. The highest BCUT2D eigenvalue weighted by Crippen LogP contribution is 2.09. The molecule has 96 valence electrons. The first-order valence-electron chi connectivity index (χ1n) is 7.01. The van der Waals surface area contributed by atoms with Crippen LogP contribution >= 0.6 is 0 Å². The molecule has 0 rings (SSSR count). The highest BCUT2D eigenvalue weighted by Gasteiger charge is 1.91. The van der Waals surface area contributed by atoms with Crippen molar-refractivity contribution < 1.29 is 5.11 Å². The van der Waals surface area contributed by atoms with Crippen molar-refractivity contribution in [1.29, 1.82) is 0 Å². The molecule has 0 aliphatic rings. The molecule has 1 N–H and O–H groups in total. The highest BCUT2D eigenvalue weighted by molar-refractivity contribution is 5.56. The van der Waals surface area contributed by atoms with Gasteiger partial charge in [0.2, 0.25) is 0 Å². The minimum Gasteiger partial charge on any atom is -0.394 e. The lowest BCUT2D eigenvalue weighted by molar-refractivity contribution is 0.307. The normalized spacial score (nSPS) is 11.4. The van der Waals surface area contributed by atoms with Gasteiger partial charge in [-0.1, -0.05) is 58.3 Å². The molecule has 0 amide bonds. The quantitative estimate of drug-likeness (QED) is 0.397. The monoisotopic (exact) mass is 227 g/mol. The molecule has 0 saturated heterocycles. The fourth-order valence-electron chi connectivity index (χ4n) is 1.79. The average Bonchev–Trinajstić information content (AvgIpc) is 2.31. The van der Waals surface area contributed by atoms with Crippen LogP contribution in [0.25, 0.3) is 0 Å². The number of aliphatic hydroxyl groups excluding tert-OH is 1. The van der Waals surface area contributed by atoms with Crippen LogP contribution in [0.2, 0.25) is 0 Å². The van der Waals surface area contributed by atoms with Crippen molar-refractivity contribution in [2.45, 2.75) is 71.1 Å². The summed E-state index contributed by atoms with van der Waals surface area (Å²) in [4.78, 5) is 4.08. The molecule has 0 aliphatic heterocycles. The first-order chi connectivity index (χ1) is 7.91. The van der Waals surface area contributed by atoms with Crippen molar-refractivity contribution >= 4 is 6.21 Å². The van der Waals surface area contributed by atoms with Crippen LogP contribution in [0.15, 0.2) is 4.99 Å². The topological polar surface area (TPSA) is 32.6 Å². The van der Waals surface area contributed by atoms with Gasteiger partial charge >= 0.3 is 0 Å². The van der Waals surface area contributed by atoms with Gasteiger partial charge in [-0.15, -0.1) is 0 Å². The van der Waals surface area contributed by atoms with Crippen LogP contribution < -0.4 is 0 Å². The number of unbranched alkanes of at least 4 members (excludes halogenated alkanes) is 9. The Bertz CT molecular complexity index is 146. The van der Waals surface area contributed by atoms with Gasteiger partial charge in [0.25, 0.3) is 0 Å². The molecule has 0 spiro atoms. The Balaban J connectivity index is 2.93. The van der Waals surface area contributed by atoms with Crippen molar-refractivity contribution in [2.75, 3.05) is 13.2 Å². The van der Waals surface area contributed by atoms with Crippen LogP contribution in [0.3, 0.4) is 0 Å². The molecule has 0 aliphatic carbocycles. The molecule has 0 unspecified atom stereocenters. The fourth-order valence-corrected chi connectivity index (χ4v) is 1.79. The Morgan fingerprint density at radius 2 is 1.44 bits per heavy atom. The summed E-state index contributed by atoms with van der Waals surface area (Å²) in [6.07, 6.45) is 15.4. The molecular formula is C14H29NO. The van der Waals surface area contributed by atoms with Gasteiger partial charge in [0.1, 0.15) is 0 Å². The predicted octanol–water partition coefficient (Wildman–Crippen LogP) is 3.97. The molecule has 0 radical (unpaired) electrons. The van der Waals surface area contributed by atoms with Gasteiger partial charge in [-0.2, -0.15) is 0 Å². The van der Waals surface area contributed by atoms with Gasteiger partial charge in [-0.3, -0.25) is 4.99 Å². The third-order valence-corrected chi connectivity index (χ3v) is 2.79. The van der Waals surface area contributed by atoms with Crippen molar-refractivity contribution in [3.8, 4) is 0 Å². The number of aliphatic imine (C=N–C) groups is 1. The summed E-state index contributed by atoms with van der Waals surface area (Å²) in [5.41, 5.74) is 0. The fraction of sp³-hybridized carbons (Fsp3) is 0.929. The smallest absolute Gasteiger partial charge is 0.0626 e. The average molecular weight is 227 g/mol. The zero-order valence-corrected chi connectivity index (χ0v) is 11.0. The molecule has 0 aromatic rings. The number of hydrogen-bond donors (Lipinski definition) is 1. The second kappa shape index (κ2) is 14.6. The Morgan fingerprint density at radius 1 is 0.875 bits per heavy atom. The molecule has 2 heteroatoms. The summed E-state index contributed by atoms with van der Waals surface area (Å²) in [5.74, 6) is 0. The second-order valence-corrected chi connectivity index (χ2v) is 4.43. The van der Waals surface area contributed by atoms with Gasteiger partial charge in [0, 0.05) is 0 Å². The van der Waals surface area contributed by atoms with E-state index in [1.54, 1.807) is 0 Å². The Labute approximate surface area is 101 Å². The number of aliphatic hydroxyl groups is 1. The van der Waals surface area contributed by atoms with E-state index in [4.69, 9.17) is 5.11 Å². The van der Waals surface area contributed by atoms with Crippen LogP contribution in [0, 0.1) is 0 Å². The van der Waals surface area contributed by atoms with Crippen LogP contribution in [0.1, 0.15) is 71.1 Å². The molecule has 0 atom stereocenters. The number of nitrogens with zero attached hydrogens (tertiary/aromatic N) is 1. The Morgan fingerprint density at radius 3 is 2.00 bits per heavy atom. The molecule has 0 fully saturated rings. The van der Waals surface area contributed by atoms with Crippen LogP contribution in [0.5, 0.6) is 0 Å². The molecule has 0 aromatic carbocycles. The lowest BCUT2D eigenvalue weighted by atomic mass is 10.1. The second-order valence-electron chi connectivity index (χ2n) is 4.43. The van der Waals surface area contributed by atoms with E-state index in [1.165, 1.54) is 57.8 Å². The maximum Gasteiger partial charge on any atom is 0.0626 e. The van der Waals surface area contributed by atoms with Crippen LogP contribution in [0.4, 0.5) is 0 Å². The first kappa shape index (κ1) is 15.6. The van der Waals surface area contributed by atoms with E-state index < -0.39 is 0 Å². The molecular weight excluding hydrogens is 198 g/mol. The highest BCUT2D eigenvalue weighted by atomic mass is 16.3. The molecule has 0 aromatic heterocycles.